The molecule has 1 fully saturated rings. The van der Waals surface area contributed by atoms with Crippen molar-refractivity contribution in [2.45, 2.75) is 32.1 Å². The molecule has 2 aromatic rings. The maximum absolute atomic E-state index is 10.9. The van der Waals surface area contributed by atoms with Crippen molar-refractivity contribution in [3.05, 3.63) is 54.6 Å². The smallest absolute Gasteiger partial charge is 0.249 e. The molecule has 116 valence electrons. The van der Waals surface area contributed by atoms with Gasteiger partial charge >= 0.3 is 0 Å². The molecule has 0 spiro atoms. The van der Waals surface area contributed by atoms with Crippen LogP contribution < -0.4 is 15.1 Å². The van der Waals surface area contributed by atoms with E-state index >= 15 is 0 Å². The van der Waals surface area contributed by atoms with E-state index in [2.05, 4.69) is 0 Å². The summed E-state index contributed by atoms with van der Waals surface area (Å²) < 4.78 is 11.4. The molecule has 3 nitrogen and oxygen atoms in total. The van der Waals surface area contributed by atoms with E-state index in [0.717, 1.165) is 42.0 Å². The number of hydrogen-bond donors (Lipinski definition) is 1. The number of rotatable bonds is 4. The average molecular weight is 314 g/mol. The van der Waals surface area contributed by atoms with Gasteiger partial charge in [-0.15, -0.1) is 0 Å². The van der Waals surface area contributed by atoms with E-state index in [4.69, 9.17) is 9.47 Å². The maximum atomic E-state index is 10.9. The van der Waals surface area contributed by atoms with Gasteiger partial charge in [0.05, 0.1) is 6.61 Å². The number of hydrogen-bond acceptors (Lipinski definition) is 3. The van der Waals surface area contributed by atoms with E-state index in [1.165, 1.54) is 0 Å². The molecule has 3 rings (SSSR count). The third-order valence-electron chi connectivity index (χ3n) is 4.16. The van der Waals surface area contributed by atoms with Gasteiger partial charge in [0.25, 0.3) is 0 Å². The van der Waals surface area contributed by atoms with E-state index in [9.17, 15) is 4.80 Å². The summed E-state index contributed by atoms with van der Waals surface area (Å²) in [4.78, 5) is 10.9. The van der Waals surface area contributed by atoms with Crippen LogP contribution >= 0.6 is 0 Å². The molecule has 0 bridgehead atoms. The predicted octanol–water partition coefficient (Wildman–Crippen LogP) is 2.27. The number of ether oxygens (including phenoxy) is 2. The summed E-state index contributed by atoms with van der Waals surface area (Å²) in [6.07, 6.45) is 3.08. The molecule has 0 aliphatic carbocycles. The predicted molar refractivity (Wildman–Crippen MR) is 90.2 cm³/mol. The Balaban J connectivity index is 1.73. The van der Waals surface area contributed by atoms with E-state index in [1.54, 1.807) is 0 Å². The number of benzene rings is 2. The first-order valence-electron chi connectivity index (χ1n) is 7.83. The molecule has 0 aromatic heterocycles. The molecule has 4 heteroatoms. The molecule has 0 radical (unpaired) electrons. The van der Waals surface area contributed by atoms with Crippen molar-refractivity contribution in [3.63, 3.8) is 0 Å². The lowest BCUT2D eigenvalue weighted by molar-refractivity contribution is -0.105. The normalized spacial score (nSPS) is 21.1. The van der Waals surface area contributed by atoms with Gasteiger partial charge < -0.3 is 14.3 Å². The van der Waals surface area contributed by atoms with Gasteiger partial charge in [0.1, 0.15) is 5.75 Å². The quantitative estimate of drug-likeness (QED) is 0.880. The molecule has 0 saturated carbocycles. The van der Waals surface area contributed by atoms with Gasteiger partial charge in [0.15, 0.2) is 6.29 Å². The van der Waals surface area contributed by atoms with Crippen molar-refractivity contribution in [3.8, 4) is 5.75 Å². The fourth-order valence-corrected chi connectivity index (χ4v) is 4.73. The molecular weight excluding hydrogens is 292 g/mol. The lowest BCUT2D eigenvalue weighted by Crippen LogP contribution is -2.55. The topological polar surface area (TPSA) is 38.7 Å². The Hall–Kier alpha value is -1.62. The Morgan fingerprint density at radius 2 is 1.68 bits per heavy atom. The van der Waals surface area contributed by atoms with Crippen LogP contribution in [0.15, 0.2) is 54.6 Å². The second-order valence-corrected chi connectivity index (χ2v) is 9.18. The molecule has 0 amide bonds. The van der Waals surface area contributed by atoms with Crippen molar-refractivity contribution in [1.82, 2.24) is 0 Å². The van der Waals surface area contributed by atoms with E-state index < -0.39 is 8.32 Å². The van der Waals surface area contributed by atoms with Crippen molar-refractivity contribution < 1.29 is 14.3 Å². The fraction of sp³-hybridized carbons (Fsp3) is 0.333. The van der Waals surface area contributed by atoms with Gasteiger partial charge in [0.2, 0.25) is 8.32 Å². The summed E-state index contributed by atoms with van der Waals surface area (Å²) >= 11 is 0. The highest BCUT2D eigenvalue weighted by Gasteiger charge is 2.29. The van der Waals surface area contributed by atoms with Gasteiger partial charge in [-0.25, -0.2) is 0 Å². The zero-order valence-corrected chi connectivity index (χ0v) is 13.9. The Bertz CT molecular complexity index is 589. The highest BCUT2D eigenvalue weighted by Crippen LogP contribution is 2.18. The summed E-state index contributed by atoms with van der Waals surface area (Å²) in [6.45, 7) is 2.72. The molecule has 1 heterocycles. The largest absolute Gasteiger partial charge is 0.465 e. The Kier molecular flexibility index (Phi) is 4.62. The van der Waals surface area contributed by atoms with Gasteiger partial charge in [0, 0.05) is 6.42 Å². The van der Waals surface area contributed by atoms with Crippen molar-refractivity contribution in [2.75, 3.05) is 6.61 Å². The van der Waals surface area contributed by atoms with Gasteiger partial charge in [-0.05, 0) is 41.9 Å². The molecule has 1 aliphatic rings. The molecule has 22 heavy (non-hydrogen) atoms. The van der Waals surface area contributed by atoms with Crippen LogP contribution in [-0.2, 0) is 4.74 Å². The minimum Gasteiger partial charge on any atom is -0.465 e. The summed E-state index contributed by atoms with van der Waals surface area (Å²) in [7, 11) is -2.62. The highest BCUT2D eigenvalue weighted by molar-refractivity contribution is 6.95. The average Bonchev–Trinajstić information content (AvgIpc) is 2.57. The highest BCUT2D eigenvalue weighted by atomic mass is 28.4. The molecular formula is C18H22O3Si. The van der Waals surface area contributed by atoms with Crippen LogP contribution in [0.4, 0.5) is 0 Å². The monoisotopic (exact) mass is 314 g/mol. The van der Waals surface area contributed by atoms with Crippen LogP contribution in [0.3, 0.4) is 0 Å². The zero-order chi connectivity index (χ0) is 15.4. The molecule has 1 aliphatic heterocycles. The van der Waals surface area contributed by atoms with Gasteiger partial charge in [-0.3, -0.25) is 0 Å². The minimum absolute atomic E-state index is 0.133. The third kappa shape index (κ3) is 3.40. The summed E-state index contributed by atoms with van der Waals surface area (Å²) in [5.41, 5.74) is 0. The van der Waals surface area contributed by atoms with E-state index in [-0.39, 0.29) is 6.29 Å². The van der Waals surface area contributed by atoms with Crippen LogP contribution in [0.1, 0.15) is 19.3 Å². The standard InChI is InChI=1S/C18H22O3Si/c1-22(19,16-7-3-2-4-8-16)17-12-10-15(11-13-17)21-18-9-5-6-14-20-18/h2-4,7-8,10-13,18-19H,5-6,9,14H2,1H3. The second kappa shape index (κ2) is 6.65. The van der Waals surface area contributed by atoms with Gasteiger partial charge in [-0.2, -0.15) is 0 Å². The first-order valence-corrected chi connectivity index (χ1v) is 10.3. The Morgan fingerprint density at radius 1 is 1.00 bits per heavy atom. The van der Waals surface area contributed by atoms with E-state index in [1.807, 2.05) is 61.1 Å². The lowest BCUT2D eigenvalue weighted by atomic mass is 10.2. The minimum atomic E-state index is -2.62. The molecule has 2 aromatic carbocycles. The molecule has 2 unspecified atom stereocenters. The summed E-state index contributed by atoms with van der Waals surface area (Å²) in [5, 5.41) is 2.00. The van der Waals surface area contributed by atoms with Crippen LogP contribution in [0.25, 0.3) is 0 Å². The van der Waals surface area contributed by atoms with E-state index in [0.29, 0.717) is 0 Å². The molecule has 1 N–H and O–H groups in total. The third-order valence-corrected chi connectivity index (χ3v) is 7.07. The lowest BCUT2D eigenvalue weighted by Gasteiger charge is -2.24. The molecule has 2 atom stereocenters. The van der Waals surface area contributed by atoms with Crippen LogP contribution in [0.2, 0.25) is 6.55 Å². The first-order chi connectivity index (χ1) is 10.7. The van der Waals surface area contributed by atoms with Crippen LogP contribution in [-0.4, -0.2) is 26.0 Å². The van der Waals surface area contributed by atoms with Crippen LogP contribution in [0, 0.1) is 0 Å². The van der Waals surface area contributed by atoms with Crippen LogP contribution in [0.5, 0.6) is 5.75 Å². The zero-order valence-electron chi connectivity index (χ0n) is 12.9. The Morgan fingerprint density at radius 3 is 2.32 bits per heavy atom. The van der Waals surface area contributed by atoms with Crippen molar-refractivity contribution in [2.24, 2.45) is 0 Å². The SMILES string of the molecule is C[Si](O)(c1ccccc1)c1ccc(OC2CCCCO2)cc1. The fourth-order valence-electron chi connectivity index (χ4n) is 2.74. The summed E-state index contributed by atoms with van der Waals surface area (Å²) in [6, 6.07) is 17.7. The molecule has 1 saturated heterocycles. The summed E-state index contributed by atoms with van der Waals surface area (Å²) in [5.74, 6) is 0.800. The van der Waals surface area contributed by atoms with Gasteiger partial charge in [-0.1, -0.05) is 42.5 Å². The first kappa shape index (κ1) is 15.3. The van der Waals surface area contributed by atoms with Crippen molar-refractivity contribution in [1.29, 1.82) is 0 Å². The van der Waals surface area contributed by atoms with Crippen molar-refractivity contribution >= 4 is 18.7 Å². The Labute approximate surface area is 132 Å². The maximum Gasteiger partial charge on any atom is 0.249 e. The second-order valence-electron chi connectivity index (χ2n) is 5.88.